The summed E-state index contributed by atoms with van der Waals surface area (Å²) in [4.78, 5) is 18.2. The van der Waals surface area contributed by atoms with E-state index in [-0.39, 0.29) is 23.1 Å². The lowest BCUT2D eigenvalue weighted by atomic mass is 10.0. The Balaban J connectivity index is 1.97. The summed E-state index contributed by atoms with van der Waals surface area (Å²) < 4.78 is 44.3. The van der Waals surface area contributed by atoms with Gasteiger partial charge in [0, 0.05) is 24.4 Å². The molecule has 0 saturated carbocycles. The highest BCUT2D eigenvalue weighted by Gasteiger charge is 2.33. The lowest BCUT2D eigenvalue weighted by Crippen LogP contribution is -2.38. The molecule has 1 aliphatic rings. The van der Waals surface area contributed by atoms with E-state index in [1.807, 2.05) is 11.8 Å². The molecule has 3 heterocycles. The number of amides is 1. The molecule has 1 fully saturated rings. The lowest BCUT2D eigenvalue weighted by Gasteiger charge is -2.35. The third-order valence-corrected chi connectivity index (χ3v) is 4.37. The molecule has 0 spiro atoms. The van der Waals surface area contributed by atoms with Crippen molar-refractivity contribution in [3.63, 3.8) is 0 Å². The summed E-state index contributed by atoms with van der Waals surface area (Å²) in [6, 6.07) is 3.76. The predicted octanol–water partition coefficient (Wildman–Crippen LogP) is 3.12. The molecule has 3 rings (SSSR count). The van der Waals surface area contributed by atoms with Crippen LogP contribution in [-0.4, -0.2) is 31.3 Å². The van der Waals surface area contributed by atoms with Gasteiger partial charge >= 0.3 is 6.18 Å². The Bertz CT molecular complexity index is 807. The summed E-state index contributed by atoms with van der Waals surface area (Å²) in [5.74, 6) is -0.454. The second-order valence-corrected chi connectivity index (χ2v) is 6.29. The molecular formula is C17H17BF3N3O2. The summed E-state index contributed by atoms with van der Waals surface area (Å²) in [7, 11) is 5.44. The third-order valence-electron chi connectivity index (χ3n) is 4.37. The number of halogens is 3. The van der Waals surface area contributed by atoms with E-state index in [1.54, 1.807) is 0 Å². The number of piperidine rings is 1. The van der Waals surface area contributed by atoms with Crippen LogP contribution in [0.25, 0.3) is 0 Å². The third kappa shape index (κ3) is 3.86. The van der Waals surface area contributed by atoms with Crippen molar-refractivity contribution < 1.29 is 22.4 Å². The Labute approximate surface area is 150 Å². The van der Waals surface area contributed by atoms with Gasteiger partial charge in [0.05, 0.1) is 11.3 Å². The first kappa shape index (κ1) is 18.3. The maximum Gasteiger partial charge on any atom is 0.417 e. The molecule has 0 aromatic carbocycles. The van der Waals surface area contributed by atoms with Gasteiger partial charge in [0.25, 0.3) is 5.91 Å². The molecule has 26 heavy (non-hydrogen) atoms. The quantitative estimate of drug-likeness (QED) is 0.852. The fourth-order valence-electron chi connectivity index (χ4n) is 3.00. The van der Waals surface area contributed by atoms with Gasteiger partial charge < -0.3 is 14.6 Å². The van der Waals surface area contributed by atoms with E-state index in [4.69, 9.17) is 12.3 Å². The second-order valence-electron chi connectivity index (χ2n) is 6.29. The number of anilines is 2. The smallest absolute Gasteiger partial charge is 0.417 e. The van der Waals surface area contributed by atoms with Crippen LogP contribution in [0.15, 0.2) is 28.8 Å². The van der Waals surface area contributed by atoms with E-state index >= 15 is 0 Å². The van der Waals surface area contributed by atoms with Gasteiger partial charge in [-0.3, -0.25) is 4.79 Å². The van der Waals surface area contributed by atoms with Crippen LogP contribution >= 0.6 is 0 Å². The molecule has 0 aliphatic carbocycles. The highest BCUT2D eigenvalue weighted by Crippen LogP contribution is 2.35. The van der Waals surface area contributed by atoms with Gasteiger partial charge in [0.1, 0.15) is 0 Å². The number of aromatic nitrogens is 1. The normalized spacial score (nSPS) is 18.0. The first-order valence-electron chi connectivity index (χ1n) is 8.26. The maximum atomic E-state index is 13.1. The van der Waals surface area contributed by atoms with Gasteiger partial charge in [-0.1, -0.05) is 0 Å². The molecule has 5 nitrogen and oxygen atoms in total. The SMILES string of the molecule is [B]c1ccc(C(=O)Nc2cc(C(F)(F)F)cnc2N2CCCCC2C)o1. The van der Waals surface area contributed by atoms with Gasteiger partial charge in [-0.15, -0.1) is 0 Å². The van der Waals surface area contributed by atoms with E-state index in [0.29, 0.717) is 12.4 Å². The number of hydrogen-bond donors (Lipinski definition) is 1. The van der Waals surface area contributed by atoms with Crippen LogP contribution < -0.4 is 15.9 Å². The predicted molar refractivity (Wildman–Crippen MR) is 91.9 cm³/mol. The first-order chi connectivity index (χ1) is 12.3. The Kier molecular flexibility index (Phi) is 4.98. The average Bonchev–Trinajstić information content (AvgIpc) is 3.01. The molecule has 9 heteroatoms. The van der Waals surface area contributed by atoms with Crippen LogP contribution in [0, 0.1) is 0 Å². The van der Waals surface area contributed by atoms with Gasteiger partial charge in [0.2, 0.25) is 0 Å². The van der Waals surface area contributed by atoms with E-state index in [1.165, 1.54) is 12.1 Å². The minimum atomic E-state index is -4.56. The van der Waals surface area contributed by atoms with Crippen molar-refractivity contribution in [3.8, 4) is 0 Å². The zero-order valence-corrected chi connectivity index (χ0v) is 14.1. The van der Waals surface area contributed by atoms with Crippen LogP contribution in [0.2, 0.25) is 0 Å². The molecule has 1 unspecified atom stereocenters. The monoisotopic (exact) mass is 363 g/mol. The number of furan rings is 1. The van der Waals surface area contributed by atoms with Crippen molar-refractivity contribution in [3.05, 3.63) is 35.7 Å². The number of carbonyl (C=O) groups excluding carboxylic acids is 1. The molecule has 2 aromatic rings. The van der Waals surface area contributed by atoms with Crippen molar-refractivity contribution in [1.82, 2.24) is 4.98 Å². The minimum Gasteiger partial charge on any atom is -0.468 e. The molecule has 1 saturated heterocycles. The molecule has 1 amide bonds. The zero-order valence-electron chi connectivity index (χ0n) is 14.1. The highest BCUT2D eigenvalue weighted by molar-refractivity contribution is 6.30. The highest BCUT2D eigenvalue weighted by atomic mass is 19.4. The summed E-state index contributed by atoms with van der Waals surface area (Å²) >= 11 is 0. The number of carbonyl (C=O) groups is 1. The summed E-state index contributed by atoms with van der Waals surface area (Å²) in [6.45, 7) is 2.65. The Hall–Kier alpha value is -2.45. The van der Waals surface area contributed by atoms with Crippen molar-refractivity contribution in [2.24, 2.45) is 0 Å². The topological polar surface area (TPSA) is 58.4 Å². The number of rotatable bonds is 3. The molecule has 136 valence electrons. The molecular weight excluding hydrogens is 346 g/mol. The molecule has 0 bridgehead atoms. The van der Waals surface area contributed by atoms with E-state index < -0.39 is 17.6 Å². The van der Waals surface area contributed by atoms with E-state index in [0.717, 1.165) is 31.5 Å². The number of nitrogens with one attached hydrogen (secondary N) is 1. The average molecular weight is 363 g/mol. The van der Waals surface area contributed by atoms with Gasteiger partial charge in [0.15, 0.2) is 19.4 Å². The Morgan fingerprint density at radius 2 is 2.15 bits per heavy atom. The van der Waals surface area contributed by atoms with Gasteiger partial charge in [-0.2, -0.15) is 13.2 Å². The van der Waals surface area contributed by atoms with Gasteiger partial charge in [-0.25, -0.2) is 4.98 Å². The van der Waals surface area contributed by atoms with Crippen molar-refractivity contribution in [2.75, 3.05) is 16.8 Å². The standard InChI is InChI=1S/C17H17BF3N3O2/c1-10-4-2-3-7-24(10)15-12(8-11(9-22-15)17(19,20)21)23-16(25)13-5-6-14(18)26-13/h5-6,8-10H,2-4,7H2,1H3,(H,23,25). The van der Waals surface area contributed by atoms with Crippen LogP contribution in [0.5, 0.6) is 0 Å². The Morgan fingerprint density at radius 1 is 1.38 bits per heavy atom. The molecule has 2 aromatic heterocycles. The fourth-order valence-corrected chi connectivity index (χ4v) is 3.00. The Morgan fingerprint density at radius 3 is 2.77 bits per heavy atom. The zero-order chi connectivity index (χ0) is 18.9. The number of pyridine rings is 1. The largest absolute Gasteiger partial charge is 0.468 e. The van der Waals surface area contributed by atoms with Crippen LogP contribution in [0.3, 0.4) is 0 Å². The summed E-state index contributed by atoms with van der Waals surface area (Å²) in [6.07, 6.45) is -0.906. The van der Waals surface area contributed by atoms with E-state index in [2.05, 4.69) is 10.3 Å². The summed E-state index contributed by atoms with van der Waals surface area (Å²) in [5.41, 5.74) is -0.893. The number of alkyl halides is 3. The lowest BCUT2D eigenvalue weighted by molar-refractivity contribution is -0.137. The van der Waals surface area contributed by atoms with E-state index in [9.17, 15) is 18.0 Å². The van der Waals surface area contributed by atoms with Crippen LogP contribution in [-0.2, 0) is 6.18 Å². The van der Waals surface area contributed by atoms with Crippen LogP contribution in [0.1, 0.15) is 42.3 Å². The first-order valence-corrected chi connectivity index (χ1v) is 8.26. The van der Waals surface area contributed by atoms with Crippen molar-refractivity contribution in [1.29, 1.82) is 0 Å². The molecule has 2 radical (unpaired) electrons. The van der Waals surface area contributed by atoms with Crippen molar-refractivity contribution in [2.45, 2.75) is 38.4 Å². The number of hydrogen-bond acceptors (Lipinski definition) is 4. The van der Waals surface area contributed by atoms with Gasteiger partial charge in [-0.05, 0) is 44.4 Å². The minimum absolute atomic E-state index is 0.00598. The fraction of sp³-hybridized carbons (Fsp3) is 0.412. The second kappa shape index (κ2) is 7.05. The maximum absolute atomic E-state index is 13.1. The molecule has 1 atom stereocenters. The number of nitrogens with zero attached hydrogens (tertiary/aromatic N) is 2. The van der Waals surface area contributed by atoms with Crippen LogP contribution in [0.4, 0.5) is 24.7 Å². The van der Waals surface area contributed by atoms with Crippen molar-refractivity contribution >= 4 is 30.9 Å². The molecule has 1 N–H and O–H groups in total. The molecule has 1 aliphatic heterocycles. The summed E-state index contributed by atoms with van der Waals surface area (Å²) in [5, 5.41) is 2.48.